The van der Waals surface area contributed by atoms with E-state index in [1.54, 1.807) is 45.0 Å². The van der Waals surface area contributed by atoms with Crippen molar-refractivity contribution in [3.05, 3.63) is 65.7 Å². The first kappa shape index (κ1) is 34.0. The van der Waals surface area contributed by atoms with Crippen LogP contribution in [0.1, 0.15) is 43.1 Å². The van der Waals surface area contributed by atoms with E-state index in [0.717, 1.165) is 5.69 Å². The van der Waals surface area contributed by atoms with Gasteiger partial charge in [0.05, 0.1) is 30.6 Å². The molecule has 0 aliphatic carbocycles. The molecule has 0 aromatic heterocycles. The van der Waals surface area contributed by atoms with Crippen LogP contribution in [0.3, 0.4) is 0 Å². The summed E-state index contributed by atoms with van der Waals surface area (Å²) in [7, 11) is 1.44. The molecule has 2 amide bonds. The number of halogens is 3. The standard InChI is InChI=1S/C32H35F3N4O7/c1-31(2,3)46-30(43)37-23-18-38(15-7-14-36)24-8-5-6-9-25(24)39(27(23)40)17-22-21-12-10-20(16-19(21)11-13-26(22)44-4)28(41)45-29(42)32(33,34)35/h5-6,8-13,16,23H,7,14-15,17-18,36H2,1-4H3,(H,37,43)/t23-/m0/s1. The van der Waals surface area contributed by atoms with Gasteiger partial charge in [0.1, 0.15) is 17.4 Å². The topological polar surface area (TPSA) is 140 Å². The fraction of sp³-hybridized carbons (Fsp3) is 0.375. The highest BCUT2D eigenvalue weighted by Gasteiger charge is 2.42. The third-order valence-corrected chi connectivity index (χ3v) is 7.08. The van der Waals surface area contributed by atoms with Gasteiger partial charge in [-0.1, -0.05) is 24.3 Å². The number of ether oxygens (including phenoxy) is 3. The average Bonchev–Trinajstić information content (AvgIpc) is 3.08. The van der Waals surface area contributed by atoms with Crippen LogP contribution in [0.5, 0.6) is 5.75 Å². The summed E-state index contributed by atoms with van der Waals surface area (Å²) >= 11 is 0. The van der Waals surface area contributed by atoms with Gasteiger partial charge in [0.2, 0.25) is 0 Å². The minimum Gasteiger partial charge on any atom is -0.496 e. The second-order valence-corrected chi connectivity index (χ2v) is 11.6. The number of esters is 2. The Morgan fingerprint density at radius 3 is 2.35 bits per heavy atom. The molecular formula is C32H35F3N4O7. The van der Waals surface area contributed by atoms with Crippen LogP contribution in [0, 0.1) is 0 Å². The molecule has 0 fully saturated rings. The molecule has 0 saturated heterocycles. The lowest BCUT2D eigenvalue weighted by molar-refractivity contribution is -0.193. The van der Waals surface area contributed by atoms with Gasteiger partial charge in [-0.05, 0) is 74.8 Å². The van der Waals surface area contributed by atoms with Crippen molar-refractivity contribution >= 4 is 46.1 Å². The van der Waals surface area contributed by atoms with E-state index in [0.29, 0.717) is 47.3 Å². The highest BCUT2D eigenvalue weighted by molar-refractivity contribution is 6.05. The van der Waals surface area contributed by atoms with Gasteiger partial charge >= 0.3 is 24.2 Å². The van der Waals surface area contributed by atoms with Crippen molar-refractivity contribution in [2.24, 2.45) is 5.73 Å². The minimum absolute atomic E-state index is 0.0516. The number of alkyl halides is 3. The predicted octanol–water partition coefficient (Wildman–Crippen LogP) is 4.69. The fourth-order valence-corrected chi connectivity index (χ4v) is 5.09. The molecular weight excluding hydrogens is 609 g/mol. The molecule has 3 N–H and O–H groups in total. The maximum absolute atomic E-state index is 14.3. The first-order valence-electron chi connectivity index (χ1n) is 14.4. The van der Waals surface area contributed by atoms with Crippen LogP contribution in [0.15, 0.2) is 54.6 Å². The molecule has 1 aliphatic rings. The zero-order chi connectivity index (χ0) is 33.8. The van der Waals surface area contributed by atoms with E-state index in [4.69, 9.17) is 15.2 Å². The number of nitrogens with two attached hydrogens (primary N) is 1. The lowest BCUT2D eigenvalue weighted by Crippen LogP contribution is -2.53. The van der Waals surface area contributed by atoms with Gasteiger partial charge in [-0.25, -0.2) is 14.4 Å². The molecule has 1 aliphatic heterocycles. The average molecular weight is 645 g/mol. The molecule has 0 bridgehead atoms. The molecule has 46 heavy (non-hydrogen) atoms. The molecule has 1 atom stereocenters. The Labute approximate surface area is 263 Å². The number of nitrogens with one attached hydrogen (secondary N) is 1. The van der Waals surface area contributed by atoms with Crippen LogP contribution in [0.4, 0.5) is 29.3 Å². The van der Waals surface area contributed by atoms with Crippen LogP contribution in [-0.2, 0) is 25.6 Å². The van der Waals surface area contributed by atoms with Crippen LogP contribution in [0.2, 0.25) is 0 Å². The van der Waals surface area contributed by atoms with E-state index in [2.05, 4.69) is 10.1 Å². The van der Waals surface area contributed by atoms with Crippen molar-refractivity contribution in [1.29, 1.82) is 0 Å². The molecule has 4 rings (SSSR count). The Morgan fingerprint density at radius 1 is 1.02 bits per heavy atom. The number of alkyl carbamates (subject to hydrolysis) is 1. The summed E-state index contributed by atoms with van der Waals surface area (Å²) in [5.74, 6) is -4.13. The maximum atomic E-state index is 14.3. The molecule has 0 unspecified atom stereocenters. The largest absolute Gasteiger partial charge is 0.496 e. The molecule has 3 aromatic rings. The monoisotopic (exact) mass is 644 g/mol. The van der Waals surface area contributed by atoms with Crippen molar-refractivity contribution < 1.29 is 46.6 Å². The third kappa shape index (κ3) is 7.86. The highest BCUT2D eigenvalue weighted by Crippen LogP contribution is 2.37. The van der Waals surface area contributed by atoms with E-state index in [1.165, 1.54) is 30.2 Å². The molecule has 0 spiro atoms. The number of rotatable bonds is 8. The summed E-state index contributed by atoms with van der Waals surface area (Å²) in [6, 6.07) is 13.4. The van der Waals surface area contributed by atoms with Crippen molar-refractivity contribution in [2.75, 3.05) is 36.5 Å². The Hall–Kier alpha value is -4.85. The Kier molecular flexibility index (Phi) is 10.1. The number of carbonyl (C=O) groups is 4. The van der Waals surface area contributed by atoms with Crippen LogP contribution < -0.4 is 25.6 Å². The van der Waals surface area contributed by atoms with Crippen LogP contribution in [-0.4, -0.2) is 68.5 Å². The summed E-state index contributed by atoms with van der Waals surface area (Å²) in [6.07, 6.45) is -5.47. The predicted molar refractivity (Wildman–Crippen MR) is 164 cm³/mol. The van der Waals surface area contributed by atoms with E-state index in [9.17, 15) is 32.3 Å². The molecule has 3 aromatic carbocycles. The quantitative estimate of drug-likeness (QED) is 0.264. The van der Waals surface area contributed by atoms with E-state index in [1.807, 2.05) is 17.0 Å². The fourth-order valence-electron chi connectivity index (χ4n) is 5.09. The normalized spacial score (nSPS) is 15.2. The van der Waals surface area contributed by atoms with Crippen molar-refractivity contribution in [3.63, 3.8) is 0 Å². The Balaban J connectivity index is 1.77. The van der Waals surface area contributed by atoms with Gasteiger partial charge < -0.3 is 35.1 Å². The number of amides is 2. The Morgan fingerprint density at radius 2 is 1.72 bits per heavy atom. The van der Waals surface area contributed by atoms with E-state index < -0.39 is 41.8 Å². The first-order chi connectivity index (χ1) is 21.6. The zero-order valence-corrected chi connectivity index (χ0v) is 25.8. The highest BCUT2D eigenvalue weighted by atomic mass is 19.4. The molecule has 246 valence electrons. The minimum atomic E-state index is -5.33. The SMILES string of the molecule is COc1ccc2cc(C(=O)OC(=O)C(F)(F)F)ccc2c1CN1C(=O)[C@@H](NC(=O)OC(C)(C)C)CN(CCCN)c2ccccc21. The second-order valence-electron chi connectivity index (χ2n) is 11.6. The van der Waals surface area contributed by atoms with Gasteiger partial charge in [-0.15, -0.1) is 0 Å². The van der Waals surface area contributed by atoms with Crippen LogP contribution in [0.25, 0.3) is 10.8 Å². The van der Waals surface area contributed by atoms with Gasteiger partial charge in [0.25, 0.3) is 5.91 Å². The number of anilines is 2. The number of nitrogens with zero attached hydrogens (tertiary/aromatic N) is 2. The van der Waals surface area contributed by atoms with E-state index >= 15 is 0 Å². The lowest BCUT2D eigenvalue weighted by Gasteiger charge is -2.28. The summed E-state index contributed by atoms with van der Waals surface area (Å²) in [5.41, 5.74) is 6.52. The number of para-hydroxylation sites is 2. The lowest BCUT2D eigenvalue weighted by atomic mass is 10.00. The molecule has 1 heterocycles. The second kappa shape index (κ2) is 13.6. The van der Waals surface area contributed by atoms with Crippen LogP contribution >= 0.6 is 0 Å². The number of methoxy groups -OCH3 is 1. The number of hydrogen-bond acceptors (Lipinski definition) is 9. The third-order valence-electron chi connectivity index (χ3n) is 7.08. The number of fused-ring (bicyclic) bond motifs is 2. The van der Waals surface area contributed by atoms with Gasteiger partial charge in [0.15, 0.2) is 0 Å². The number of benzene rings is 3. The summed E-state index contributed by atoms with van der Waals surface area (Å²) < 4.78 is 53.0. The zero-order valence-electron chi connectivity index (χ0n) is 25.8. The van der Waals surface area contributed by atoms with Crippen molar-refractivity contribution in [2.45, 2.75) is 51.6 Å². The summed E-state index contributed by atoms with van der Waals surface area (Å²) in [6.45, 7) is 6.14. The van der Waals surface area contributed by atoms with Crippen molar-refractivity contribution in [1.82, 2.24) is 5.32 Å². The van der Waals surface area contributed by atoms with Gasteiger partial charge in [0, 0.05) is 18.7 Å². The molecule has 0 saturated carbocycles. The number of hydrogen-bond donors (Lipinski definition) is 2. The summed E-state index contributed by atoms with van der Waals surface area (Å²) in [4.78, 5) is 54.1. The smallest absolute Gasteiger partial charge is 0.491 e. The Bertz CT molecular complexity index is 1640. The molecule has 11 nitrogen and oxygen atoms in total. The molecule has 0 radical (unpaired) electrons. The van der Waals surface area contributed by atoms with E-state index in [-0.39, 0.29) is 18.7 Å². The van der Waals surface area contributed by atoms with Gasteiger partial charge in [-0.3, -0.25) is 4.79 Å². The van der Waals surface area contributed by atoms with Gasteiger partial charge in [-0.2, -0.15) is 13.2 Å². The molecule has 14 heteroatoms. The maximum Gasteiger partial charge on any atom is 0.491 e. The summed E-state index contributed by atoms with van der Waals surface area (Å²) in [5, 5.41) is 3.65. The van der Waals surface area contributed by atoms with Crippen molar-refractivity contribution in [3.8, 4) is 5.75 Å². The first-order valence-corrected chi connectivity index (χ1v) is 14.4. The number of carbonyl (C=O) groups excluding carboxylic acids is 4.